The summed E-state index contributed by atoms with van der Waals surface area (Å²) in [4.78, 5) is 31.8. The predicted octanol–water partition coefficient (Wildman–Crippen LogP) is 12.9. The summed E-state index contributed by atoms with van der Waals surface area (Å²) >= 11 is 6.19. The lowest BCUT2D eigenvalue weighted by Crippen LogP contribution is -2.76. The summed E-state index contributed by atoms with van der Waals surface area (Å²) in [6.45, 7) is 32.9. The molecule has 0 aromatic heterocycles. The standard InChI is InChI=1S/C71H120ClF3N12O/c1-14-51(6)65-44-80-64(41-49(2)3)53(8)79-45-66-67(69(88)85-37-20-15-21-38-85)56(11)87(66)68(50(4)5)54(9)82-70(31-18-19-32-70)48-77-35-34-76-33-30-59(28-26-58-27-29-62(63(72)43-58)71(73,74)75)78-36-40-83(12)46-61(42-57-23-16-17-24-57)84(13)47-60-25-22-39-86(60)55(10)52(7)81-65/h27,29-30,33,36,40,43,46-47,49-57,64-68,76-77,79-82H,14-26,28,31-32,34-35,37-39,41-42,44-45,48H2,1-13H3/t51-,52?,53?,54?,55-,56?,64-,65+,66?,67-,68-/m0/s1. The van der Waals surface area contributed by atoms with Crippen LogP contribution in [-0.4, -0.2) is 162 Å². The number of piperidine rings is 1. The third kappa shape index (κ3) is 20.2. The van der Waals surface area contributed by atoms with E-state index in [0.29, 0.717) is 49.0 Å². The molecule has 6 aliphatic rings. The summed E-state index contributed by atoms with van der Waals surface area (Å²) in [5.74, 6) is 2.31. The number of likely N-dealkylation sites (tertiary alicyclic amines) is 1. The van der Waals surface area contributed by atoms with E-state index in [4.69, 9.17) is 16.6 Å². The third-order valence-electron chi connectivity index (χ3n) is 21.2. The highest BCUT2D eigenvalue weighted by Crippen LogP contribution is 2.41. The van der Waals surface area contributed by atoms with Crippen molar-refractivity contribution in [3.8, 4) is 0 Å². The van der Waals surface area contributed by atoms with E-state index in [1.807, 2.05) is 24.7 Å². The Hall–Kier alpha value is -3.64. The zero-order valence-electron chi connectivity index (χ0n) is 56.8. The summed E-state index contributed by atoms with van der Waals surface area (Å²) in [5.41, 5.74) is 3.31. The summed E-state index contributed by atoms with van der Waals surface area (Å²) in [5, 5.41) is 23.9. The van der Waals surface area contributed by atoms with Crippen LogP contribution in [0.1, 0.15) is 196 Å². The number of amides is 1. The number of carbonyl (C=O) groups is 1. The van der Waals surface area contributed by atoms with E-state index in [0.717, 1.165) is 121 Å². The van der Waals surface area contributed by atoms with Crippen molar-refractivity contribution in [3.63, 3.8) is 0 Å². The van der Waals surface area contributed by atoms with Gasteiger partial charge >= 0.3 is 6.18 Å². The minimum Gasteiger partial charge on any atom is -0.390 e. The summed E-state index contributed by atoms with van der Waals surface area (Å²) in [6, 6.07) is 5.95. The fourth-order valence-corrected chi connectivity index (χ4v) is 16.0. The molecule has 1 amide bonds. The Morgan fingerprint density at radius 3 is 2.23 bits per heavy atom. The van der Waals surface area contributed by atoms with Gasteiger partial charge in [-0.2, -0.15) is 13.2 Å². The van der Waals surface area contributed by atoms with Crippen molar-refractivity contribution in [1.82, 2.24) is 56.4 Å². The number of halogens is 4. The second-order valence-electron chi connectivity index (χ2n) is 28.7. The molecule has 498 valence electrons. The Balaban J connectivity index is 1.18. The number of nitrogens with one attached hydrogen (secondary N) is 6. The first kappa shape index (κ1) is 71.8. The average molecular weight is 1250 g/mol. The van der Waals surface area contributed by atoms with Crippen molar-refractivity contribution in [1.29, 1.82) is 0 Å². The van der Waals surface area contributed by atoms with E-state index in [9.17, 15) is 18.0 Å². The fraction of sp³-hybridized carbons (Fsp3) is 0.775. The number of benzene rings is 1. The van der Waals surface area contributed by atoms with Crippen LogP contribution < -0.4 is 31.9 Å². The molecule has 2 saturated carbocycles. The van der Waals surface area contributed by atoms with Crippen LogP contribution in [0.25, 0.3) is 0 Å². The molecule has 17 heteroatoms. The molecular weight excluding hydrogens is 1130 g/mol. The van der Waals surface area contributed by atoms with Gasteiger partial charge in [0.1, 0.15) is 0 Å². The zero-order chi connectivity index (χ0) is 63.7. The molecule has 1 aromatic carbocycles. The molecule has 1 spiro atoms. The molecule has 6 N–H and O–H groups in total. The van der Waals surface area contributed by atoms with Crippen molar-refractivity contribution in [2.24, 2.45) is 34.6 Å². The van der Waals surface area contributed by atoms with Crippen LogP contribution in [0.5, 0.6) is 0 Å². The van der Waals surface area contributed by atoms with Crippen molar-refractivity contribution in [2.75, 3.05) is 66.5 Å². The Bertz CT molecular complexity index is 2450. The number of hydrogen-bond donors (Lipinski definition) is 6. The molecule has 7 rings (SSSR count). The first-order valence-electron chi connectivity index (χ1n) is 34.9. The van der Waals surface area contributed by atoms with Gasteiger partial charge in [-0.15, -0.1) is 0 Å². The number of fused-ring (bicyclic) bond motifs is 2. The van der Waals surface area contributed by atoms with Crippen LogP contribution >= 0.6 is 11.6 Å². The Morgan fingerprint density at radius 1 is 0.830 bits per heavy atom. The Kier molecular flexibility index (Phi) is 28.0. The van der Waals surface area contributed by atoms with Crippen molar-refractivity contribution >= 4 is 23.2 Å². The smallest absolute Gasteiger partial charge is 0.390 e. The maximum atomic E-state index is 14.8. The van der Waals surface area contributed by atoms with Crippen molar-refractivity contribution in [3.05, 3.63) is 82.8 Å². The lowest BCUT2D eigenvalue weighted by molar-refractivity contribution is -0.162. The topological polar surface area (TPSA) is 118 Å². The molecule has 88 heavy (non-hydrogen) atoms. The second kappa shape index (κ2) is 34.3. The van der Waals surface area contributed by atoms with Crippen molar-refractivity contribution in [2.45, 2.75) is 258 Å². The SMILES string of the molecule is CC[C@H](C)[C@H]1CN[C@@H](CC(C)C)C(C)NCC2[C@@H](C(=O)N3CCCCC3)C(C)N2[C@@H](C(C)C)C(C)NC2(CCCC2)CNCCNC=CC(CCc2ccc(C(F)(F)F)c(Cl)c2)=NC=CN(C)C=C(CC2CCCC2)N(C)C=C2CCCN2[C@@H](C)C(C)N1. The van der Waals surface area contributed by atoms with Crippen LogP contribution in [-0.2, 0) is 17.4 Å². The third-order valence-corrected chi connectivity index (χ3v) is 21.5. The maximum Gasteiger partial charge on any atom is 0.417 e. The van der Waals surface area contributed by atoms with E-state index >= 15 is 0 Å². The molecule has 13 nitrogen and oxygen atoms in total. The molecule has 5 fully saturated rings. The van der Waals surface area contributed by atoms with Gasteiger partial charge in [0.25, 0.3) is 0 Å². The number of alkyl halides is 3. The first-order valence-corrected chi connectivity index (χ1v) is 35.3. The first-order chi connectivity index (χ1) is 42.0. The minimum atomic E-state index is -4.51. The predicted molar refractivity (Wildman–Crippen MR) is 361 cm³/mol. The minimum absolute atomic E-state index is 0.0392. The average Bonchev–Trinajstić information content (AvgIpc) is 1.21. The number of nitrogens with zero attached hydrogens (tertiary/aromatic N) is 6. The molecule has 0 bridgehead atoms. The van der Waals surface area contributed by atoms with E-state index in [2.05, 4.69) is 159 Å². The molecule has 5 unspecified atom stereocenters. The number of aliphatic imine (C=N–C) groups is 1. The van der Waals surface area contributed by atoms with Crippen LogP contribution in [0, 0.1) is 29.6 Å². The summed E-state index contributed by atoms with van der Waals surface area (Å²) in [6.07, 6.45) is 27.3. The number of aryl methyl sites for hydroxylation is 1. The molecule has 11 atom stereocenters. The molecule has 4 aliphatic heterocycles. The summed E-state index contributed by atoms with van der Waals surface area (Å²) < 4.78 is 41.0. The van der Waals surface area contributed by atoms with Gasteiger partial charge in [-0.3, -0.25) is 14.7 Å². The van der Waals surface area contributed by atoms with E-state index in [1.54, 1.807) is 0 Å². The molecule has 0 radical (unpaired) electrons. The number of rotatable bonds is 11. The van der Waals surface area contributed by atoms with E-state index in [-0.39, 0.29) is 70.9 Å². The molecule has 1 aromatic rings. The van der Waals surface area contributed by atoms with Crippen LogP contribution in [0.15, 0.2) is 71.7 Å². The van der Waals surface area contributed by atoms with Gasteiger partial charge in [-0.05, 0) is 159 Å². The maximum absolute atomic E-state index is 14.8. The van der Waals surface area contributed by atoms with Gasteiger partial charge in [-0.1, -0.05) is 104 Å². The lowest BCUT2D eigenvalue weighted by Gasteiger charge is -2.60. The molecule has 3 saturated heterocycles. The van der Waals surface area contributed by atoms with Gasteiger partial charge in [0.15, 0.2) is 0 Å². The van der Waals surface area contributed by atoms with Crippen LogP contribution in [0.4, 0.5) is 13.2 Å². The zero-order valence-corrected chi connectivity index (χ0v) is 57.5. The monoisotopic (exact) mass is 1250 g/mol. The van der Waals surface area contributed by atoms with Gasteiger partial charge < -0.3 is 51.5 Å². The van der Waals surface area contributed by atoms with Gasteiger partial charge in [0, 0.05) is 168 Å². The Morgan fingerprint density at radius 2 is 1.56 bits per heavy atom. The molecule has 4 heterocycles. The quantitative estimate of drug-likeness (QED) is 0.127. The Labute approximate surface area is 536 Å². The van der Waals surface area contributed by atoms with Crippen LogP contribution in [0.2, 0.25) is 5.02 Å². The van der Waals surface area contributed by atoms with E-state index in [1.165, 1.54) is 68.5 Å². The fourth-order valence-electron chi connectivity index (χ4n) is 15.7. The molecular formula is C71H120ClF3N12O. The van der Waals surface area contributed by atoms with Gasteiger partial charge in [0.2, 0.25) is 5.91 Å². The number of carbonyl (C=O) groups excluding carboxylic acids is 1. The highest BCUT2D eigenvalue weighted by molar-refractivity contribution is 6.31. The lowest BCUT2D eigenvalue weighted by atomic mass is 9.74. The highest BCUT2D eigenvalue weighted by Gasteiger charge is 2.55. The normalized spacial score (nSPS) is 30.1. The van der Waals surface area contributed by atoms with Gasteiger partial charge in [-0.25, -0.2) is 0 Å². The van der Waals surface area contributed by atoms with Gasteiger partial charge in [0.05, 0.1) is 16.5 Å². The summed E-state index contributed by atoms with van der Waals surface area (Å²) in [7, 11) is 4.29. The van der Waals surface area contributed by atoms with Crippen molar-refractivity contribution < 1.29 is 18.0 Å². The molecule has 2 aliphatic carbocycles. The van der Waals surface area contributed by atoms with E-state index < -0.39 is 11.7 Å². The number of hydrogen-bond acceptors (Lipinski definition) is 12. The second-order valence-corrected chi connectivity index (χ2v) is 29.1. The number of allylic oxidation sites excluding steroid dienone is 3. The van der Waals surface area contributed by atoms with Crippen LogP contribution in [0.3, 0.4) is 0 Å². The largest absolute Gasteiger partial charge is 0.417 e. The highest BCUT2D eigenvalue weighted by atomic mass is 35.5.